The van der Waals surface area contributed by atoms with Gasteiger partial charge in [-0.05, 0) is 6.92 Å². The highest BCUT2D eigenvalue weighted by molar-refractivity contribution is 7.89. The molecular weight excluding hydrogens is 262 g/mol. The Hall–Kier alpha value is -1.45. The molecule has 9 heteroatoms. The van der Waals surface area contributed by atoms with Crippen molar-refractivity contribution in [1.82, 2.24) is 14.7 Å². The van der Waals surface area contributed by atoms with Crippen LogP contribution in [0.2, 0.25) is 0 Å². The first-order valence-corrected chi connectivity index (χ1v) is 6.73. The maximum Gasteiger partial charge on any atom is 0.324 e. The van der Waals surface area contributed by atoms with E-state index in [2.05, 4.69) is 9.97 Å². The summed E-state index contributed by atoms with van der Waals surface area (Å²) in [4.78, 5) is 17.2. The van der Waals surface area contributed by atoms with Crippen molar-refractivity contribution < 1.29 is 23.4 Å². The fourth-order valence-corrected chi connectivity index (χ4v) is 2.45. The van der Waals surface area contributed by atoms with E-state index in [-0.39, 0.29) is 5.03 Å². The van der Waals surface area contributed by atoms with Gasteiger partial charge in [0.25, 0.3) is 10.0 Å². The molecule has 0 bridgehead atoms. The van der Waals surface area contributed by atoms with Crippen molar-refractivity contribution >= 4 is 16.0 Å². The Kier molecular flexibility index (Phi) is 4.43. The number of nitrogens with one attached hydrogen (secondary N) is 2. The Morgan fingerprint density at radius 1 is 1.61 bits per heavy atom. The summed E-state index contributed by atoms with van der Waals surface area (Å²) in [6.07, 6.45) is 0.266. The number of rotatable bonds is 6. The summed E-state index contributed by atoms with van der Waals surface area (Å²) in [7, 11) is -4.05. The second-order valence-electron chi connectivity index (χ2n) is 3.73. The first-order chi connectivity index (χ1) is 8.27. The van der Waals surface area contributed by atoms with E-state index in [0.29, 0.717) is 12.2 Å². The Morgan fingerprint density at radius 3 is 2.61 bits per heavy atom. The lowest BCUT2D eigenvalue weighted by molar-refractivity contribution is -0.141. The number of aromatic amines is 1. The highest BCUT2D eigenvalue weighted by atomic mass is 32.2. The monoisotopic (exact) mass is 277 g/mol. The molecule has 0 amide bonds. The number of aliphatic hydroxyl groups excluding tert-OH is 1. The summed E-state index contributed by atoms with van der Waals surface area (Å²) in [5.41, 5.74) is 0. The lowest BCUT2D eigenvalue weighted by Crippen LogP contribution is -2.47. The molecule has 0 spiro atoms. The quantitative estimate of drug-likeness (QED) is 0.532. The number of hydrogen-bond acceptors (Lipinski definition) is 5. The number of carboxylic acid groups (broad SMARTS) is 1. The zero-order valence-corrected chi connectivity index (χ0v) is 10.7. The summed E-state index contributed by atoms with van der Waals surface area (Å²) < 4.78 is 25.5. The van der Waals surface area contributed by atoms with Gasteiger partial charge in [-0.25, -0.2) is 13.4 Å². The number of sulfonamides is 1. The van der Waals surface area contributed by atoms with Gasteiger partial charge >= 0.3 is 5.97 Å². The molecule has 0 saturated carbocycles. The van der Waals surface area contributed by atoms with Gasteiger partial charge in [0.2, 0.25) is 0 Å². The molecule has 102 valence electrons. The number of aliphatic hydroxyl groups is 1. The molecule has 1 aromatic rings. The molecule has 1 aromatic heterocycles. The van der Waals surface area contributed by atoms with E-state index in [1.165, 1.54) is 6.92 Å². The smallest absolute Gasteiger partial charge is 0.324 e. The second kappa shape index (κ2) is 5.46. The summed E-state index contributed by atoms with van der Waals surface area (Å²) in [6.45, 7) is 2.98. The Bertz CT molecular complexity index is 522. The first kappa shape index (κ1) is 14.6. The SMILES string of the molecule is CCc1ncc(S(=O)(=O)NC(C(=O)O)C(C)O)[nH]1. The van der Waals surface area contributed by atoms with Crippen LogP contribution in [0.3, 0.4) is 0 Å². The van der Waals surface area contributed by atoms with E-state index in [0.717, 1.165) is 6.20 Å². The molecule has 0 aliphatic heterocycles. The van der Waals surface area contributed by atoms with Crippen LogP contribution in [0, 0.1) is 0 Å². The van der Waals surface area contributed by atoms with Gasteiger partial charge in [0.1, 0.15) is 11.9 Å². The van der Waals surface area contributed by atoms with E-state index in [1.54, 1.807) is 6.92 Å². The Balaban J connectivity index is 2.96. The molecule has 0 aliphatic carbocycles. The van der Waals surface area contributed by atoms with Gasteiger partial charge in [0, 0.05) is 6.42 Å². The van der Waals surface area contributed by atoms with E-state index in [4.69, 9.17) is 5.11 Å². The van der Waals surface area contributed by atoms with E-state index in [9.17, 15) is 18.3 Å². The third-order valence-corrected chi connectivity index (χ3v) is 3.61. The molecule has 2 atom stereocenters. The number of aliphatic carboxylic acids is 1. The highest BCUT2D eigenvalue weighted by Crippen LogP contribution is 2.08. The lowest BCUT2D eigenvalue weighted by atomic mass is 10.2. The predicted molar refractivity (Wildman–Crippen MR) is 61.4 cm³/mol. The number of aryl methyl sites for hydroxylation is 1. The van der Waals surface area contributed by atoms with Gasteiger partial charge in [0.05, 0.1) is 12.3 Å². The average molecular weight is 277 g/mol. The molecular formula is C9H15N3O5S. The normalized spacial score (nSPS) is 15.3. The van der Waals surface area contributed by atoms with E-state index in [1.807, 2.05) is 4.72 Å². The second-order valence-corrected chi connectivity index (χ2v) is 5.41. The number of H-pyrrole nitrogens is 1. The molecule has 0 saturated heterocycles. The third kappa shape index (κ3) is 3.28. The number of carboxylic acids is 1. The van der Waals surface area contributed by atoms with Crippen molar-refractivity contribution in [3.63, 3.8) is 0 Å². The third-order valence-electron chi connectivity index (χ3n) is 2.26. The number of aromatic nitrogens is 2. The average Bonchev–Trinajstić information content (AvgIpc) is 2.74. The number of imidazole rings is 1. The summed E-state index contributed by atoms with van der Waals surface area (Å²) in [6, 6.07) is -1.61. The fourth-order valence-electron chi connectivity index (χ4n) is 1.25. The van der Waals surface area contributed by atoms with Crippen LogP contribution in [-0.4, -0.2) is 46.7 Å². The van der Waals surface area contributed by atoms with Crippen molar-refractivity contribution in [2.45, 2.75) is 37.4 Å². The van der Waals surface area contributed by atoms with Crippen LogP contribution >= 0.6 is 0 Å². The van der Waals surface area contributed by atoms with Crippen LogP contribution in [0.4, 0.5) is 0 Å². The molecule has 2 unspecified atom stereocenters. The number of carbonyl (C=O) groups is 1. The van der Waals surface area contributed by atoms with E-state index < -0.39 is 28.1 Å². The Labute approximate surface area is 104 Å². The lowest BCUT2D eigenvalue weighted by Gasteiger charge is -2.16. The summed E-state index contributed by atoms with van der Waals surface area (Å²) >= 11 is 0. The van der Waals surface area contributed by atoms with Crippen molar-refractivity contribution in [3.05, 3.63) is 12.0 Å². The topological polar surface area (TPSA) is 132 Å². The van der Waals surface area contributed by atoms with Gasteiger partial charge in [-0.2, -0.15) is 4.72 Å². The van der Waals surface area contributed by atoms with Crippen molar-refractivity contribution in [3.8, 4) is 0 Å². The summed E-state index contributed by atoms with van der Waals surface area (Å²) in [5, 5.41) is 17.8. The van der Waals surface area contributed by atoms with Crippen LogP contribution in [0.25, 0.3) is 0 Å². The van der Waals surface area contributed by atoms with Gasteiger partial charge in [-0.1, -0.05) is 6.92 Å². The van der Waals surface area contributed by atoms with Gasteiger partial charge in [0.15, 0.2) is 5.03 Å². The van der Waals surface area contributed by atoms with Crippen molar-refractivity contribution in [2.24, 2.45) is 0 Å². The number of hydrogen-bond donors (Lipinski definition) is 4. The van der Waals surface area contributed by atoms with Crippen molar-refractivity contribution in [2.75, 3.05) is 0 Å². The van der Waals surface area contributed by atoms with Crippen LogP contribution in [-0.2, 0) is 21.2 Å². The van der Waals surface area contributed by atoms with E-state index >= 15 is 0 Å². The maximum atomic E-state index is 11.8. The molecule has 4 N–H and O–H groups in total. The predicted octanol–water partition coefficient (Wildman–Crippen LogP) is -0.916. The first-order valence-electron chi connectivity index (χ1n) is 5.25. The molecule has 1 rings (SSSR count). The molecule has 1 heterocycles. The molecule has 0 radical (unpaired) electrons. The molecule has 0 aliphatic rings. The van der Waals surface area contributed by atoms with Crippen LogP contribution in [0.15, 0.2) is 11.2 Å². The molecule has 18 heavy (non-hydrogen) atoms. The maximum absolute atomic E-state index is 11.8. The minimum absolute atomic E-state index is 0.230. The zero-order valence-electron chi connectivity index (χ0n) is 9.91. The largest absolute Gasteiger partial charge is 0.480 e. The summed E-state index contributed by atoms with van der Waals surface area (Å²) in [5.74, 6) is -0.983. The highest BCUT2D eigenvalue weighted by Gasteiger charge is 2.30. The van der Waals surface area contributed by atoms with Crippen LogP contribution < -0.4 is 4.72 Å². The molecule has 0 aromatic carbocycles. The fraction of sp³-hybridized carbons (Fsp3) is 0.556. The van der Waals surface area contributed by atoms with Gasteiger partial charge in [-0.15, -0.1) is 0 Å². The minimum Gasteiger partial charge on any atom is -0.480 e. The van der Waals surface area contributed by atoms with Crippen LogP contribution in [0.1, 0.15) is 19.7 Å². The molecule has 8 nitrogen and oxygen atoms in total. The van der Waals surface area contributed by atoms with Crippen LogP contribution in [0.5, 0.6) is 0 Å². The van der Waals surface area contributed by atoms with Crippen molar-refractivity contribution in [1.29, 1.82) is 0 Å². The minimum atomic E-state index is -4.05. The zero-order chi connectivity index (χ0) is 13.9. The Morgan fingerprint density at radius 2 is 2.22 bits per heavy atom. The number of nitrogens with zero attached hydrogens (tertiary/aromatic N) is 1. The molecule has 0 fully saturated rings. The van der Waals surface area contributed by atoms with Gasteiger partial charge in [-0.3, -0.25) is 4.79 Å². The van der Waals surface area contributed by atoms with Gasteiger partial charge < -0.3 is 15.2 Å². The standard InChI is InChI=1S/C9H15N3O5S/c1-3-6-10-4-7(11-6)18(16,17)12-8(5(2)13)9(14)15/h4-5,8,12-13H,3H2,1-2H3,(H,10,11)(H,14,15).